The topological polar surface area (TPSA) is 82.4 Å². The van der Waals surface area contributed by atoms with Gasteiger partial charge in [-0.2, -0.15) is 5.41 Å². The number of thiophene rings is 1. The standard InChI is InChI=1S/C24H29ClN4O2S/c1-15(30)20-16(2)32-22-21(20)31-14-13-29(24(22)27)23(26)18-8-11-28(12-9-18)10-7-17-3-5-19(25)6-4-17/h3-6,18,26-27H,7-14H2,1-2H3/p+1. The van der Waals surface area contributed by atoms with Gasteiger partial charge in [-0.25, -0.2) is 4.58 Å². The second-order valence-electron chi connectivity index (χ2n) is 8.51. The lowest BCUT2D eigenvalue weighted by Crippen LogP contribution is -2.44. The molecule has 2 aliphatic rings. The number of nitrogens with one attached hydrogen (secondary N) is 1. The Labute approximate surface area is 198 Å². The smallest absolute Gasteiger partial charge is 0.275 e. The van der Waals surface area contributed by atoms with Gasteiger partial charge in [0, 0.05) is 22.4 Å². The Morgan fingerprint density at radius 3 is 2.66 bits per heavy atom. The van der Waals surface area contributed by atoms with E-state index < -0.39 is 0 Å². The van der Waals surface area contributed by atoms with E-state index >= 15 is 0 Å². The maximum Gasteiger partial charge on any atom is 0.275 e. The predicted octanol–water partition coefficient (Wildman–Crippen LogP) is 3.95. The summed E-state index contributed by atoms with van der Waals surface area (Å²) >= 11 is 7.42. The summed E-state index contributed by atoms with van der Waals surface area (Å²) in [6.07, 6.45) is 2.96. The molecule has 3 N–H and O–H groups in total. The average Bonchev–Trinajstić information content (AvgIpc) is 3.04. The van der Waals surface area contributed by atoms with Crippen molar-refractivity contribution in [1.29, 1.82) is 5.41 Å². The molecular weight excluding hydrogens is 444 g/mol. The van der Waals surface area contributed by atoms with Crippen LogP contribution in [0.25, 0.3) is 0 Å². The van der Waals surface area contributed by atoms with Crippen LogP contribution in [0.4, 0.5) is 0 Å². The monoisotopic (exact) mass is 473 g/mol. The third kappa shape index (κ3) is 4.75. The Morgan fingerprint density at radius 2 is 2.00 bits per heavy atom. The minimum Gasteiger partial charge on any atom is -0.488 e. The molecule has 1 fully saturated rings. The first kappa shape index (κ1) is 23.0. The maximum absolute atomic E-state index is 12.1. The molecule has 2 aliphatic heterocycles. The maximum atomic E-state index is 12.1. The van der Waals surface area contributed by atoms with Crippen LogP contribution in [0.5, 0.6) is 5.75 Å². The van der Waals surface area contributed by atoms with E-state index in [4.69, 9.17) is 27.5 Å². The number of fused-ring (bicyclic) bond motifs is 1. The number of carbonyl (C=O) groups excluding carboxylic acids is 1. The highest BCUT2D eigenvalue weighted by Crippen LogP contribution is 2.37. The number of Topliss-reactive ketones (excluding diaryl/α,β-unsaturated/α-hetero) is 1. The van der Waals surface area contributed by atoms with Crippen LogP contribution in [0.2, 0.25) is 5.02 Å². The highest BCUT2D eigenvalue weighted by molar-refractivity contribution is 7.14. The highest BCUT2D eigenvalue weighted by atomic mass is 35.5. The van der Waals surface area contributed by atoms with Crippen LogP contribution in [0.1, 0.15) is 45.4 Å². The van der Waals surface area contributed by atoms with E-state index in [-0.39, 0.29) is 11.7 Å². The fraction of sp³-hybridized carbons (Fsp3) is 0.458. The molecular formula is C24H30ClN4O2S+. The normalized spacial score (nSPS) is 19.3. The molecule has 32 heavy (non-hydrogen) atoms. The van der Waals surface area contributed by atoms with Gasteiger partial charge in [-0.3, -0.25) is 4.79 Å². The predicted molar refractivity (Wildman–Crippen MR) is 130 cm³/mol. The van der Waals surface area contributed by atoms with Crippen LogP contribution in [0.3, 0.4) is 0 Å². The number of rotatable bonds is 5. The molecule has 0 radical (unpaired) electrons. The zero-order chi connectivity index (χ0) is 22.8. The molecule has 1 aromatic heterocycles. The molecule has 0 amide bonds. The van der Waals surface area contributed by atoms with Crippen LogP contribution >= 0.6 is 22.9 Å². The molecule has 1 saturated heterocycles. The molecule has 2 aromatic rings. The largest absolute Gasteiger partial charge is 0.488 e. The lowest BCUT2D eigenvalue weighted by Gasteiger charge is -2.31. The fourth-order valence-electron chi connectivity index (χ4n) is 4.57. The van der Waals surface area contributed by atoms with Gasteiger partial charge in [-0.15, -0.1) is 11.3 Å². The van der Waals surface area contributed by atoms with E-state index in [2.05, 4.69) is 17.0 Å². The third-order valence-corrected chi connectivity index (χ3v) is 7.73. The molecule has 0 spiro atoms. The van der Waals surface area contributed by atoms with Gasteiger partial charge in [0.1, 0.15) is 18.0 Å². The summed E-state index contributed by atoms with van der Waals surface area (Å²) in [4.78, 5) is 16.1. The Balaban J connectivity index is 1.42. The lowest BCUT2D eigenvalue weighted by atomic mass is 9.95. The third-order valence-electron chi connectivity index (χ3n) is 6.39. The van der Waals surface area contributed by atoms with Crippen molar-refractivity contribution in [1.82, 2.24) is 4.90 Å². The van der Waals surface area contributed by atoms with E-state index in [9.17, 15) is 4.79 Å². The Morgan fingerprint density at radius 1 is 1.31 bits per heavy atom. The molecule has 0 atom stereocenters. The van der Waals surface area contributed by atoms with Gasteiger partial charge < -0.3 is 15.4 Å². The van der Waals surface area contributed by atoms with Gasteiger partial charge in [0.05, 0.1) is 5.56 Å². The van der Waals surface area contributed by atoms with Gasteiger partial charge in [0.2, 0.25) is 0 Å². The van der Waals surface area contributed by atoms with Gasteiger partial charge >= 0.3 is 0 Å². The van der Waals surface area contributed by atoms with E-state index in [1.807, 2.05) is 23.6 Å². The molecule has 0 unspecified atom stereocenters. The van der Waals surface area contributed by atoms with Crippen molar-refractivity contribution in [3.8, 4) is 5.75 Å². The van der Waals surface area contributed by atoms with E-state index in [0.717, 1.165) is 54.6 Å². The minimum absolute atomic E-state index is 0.0239. The number of hydrogen-bond donors (Lipinski definition) is 2. The number of aryl methyl sites for hydroxylation is 1. The van der Waals surface area contributed by atoms with Crippen molar-refractivity contribution in [3.63, 3.8) is 0 Å². The summed E-state index contributed by atoms with van der Waals surface area (Å²) in [5.41, 5.74) is 8.52. The second-order valence-corrected chi connectivity index (χ2v) is 10.2. The zero-order valence-corrected chi connectivity index (χ0v) is 20.2. The SMILES string of the molecule is CC(=O)c1c(C)sc2c1OCC[N+](=C(N)C1CCN(CCc3ccc(Cl)cc3)CC1)C2=N. The summed E-state index contributed by atoms with van der Waals surface area (Å²) < 4.78 is 7.81. The average molecular weight is 474 g/mol. The number of hydrogen-bond acceptors (Lipinski definition) is 5. The molecule has 170 valence electrons. The number of piperidine rings is 1. The van der Waals surface area contributed by atoms with Crippen LogP contribution in [-0.2, 0) is 6.42 Å². The van der Waals surface area contributed by atoms with E-state index in [1.54, 1.807) is 6.92 Å². The summed E-state index contributed by atoms with van der Waals surface area (Å²) in [5.74, 6) is 1.87. The molecule has 0 aliphatic carbocycles. The number of ether oxygens (including phenoxy) is 1. The summed E-state index contributed by atoms with van der Waals surface area (Å²) in [6, 6.07) is 8.06. The lowest BCUT2D eigenvalue weighted by molar-refractivity contribution is -0.413. The Kier molecular flexibility index (Phi) is 6.98. The first-order valence-corrected chi connectivity index (χ1v) is 12.3. The quantitative estimate of drug-likeness (QED) is 0.391. The molecule has 0 saturated carbocycles. The number of nitrogens with two attached hydrogens (primary N) is 1. The number of halogens is 1. The van der Waals surface area contributed by atoms with Crippen molar-refractivity contribution < 1.29 is 14.1 Å². The Bertz CT molecular complexity index is 1050. The molecule has 0 bridgehead atoms. The summed E-state index contributed by atoms with van der Waals surface area (Å²) in [6.45, 7) is 7.40. The minimum atomic E-state index is -0.0239. The summed E-state index contributed by atoms with van der Waals surface area (Å²) in [5, 5.41) is 9.58. The number of benzene rings is 1. The number of likely N-dealkylation sites (tertiary alicyclic amines) is 1. The van der Waals surface area contributed by atoms with Crippen molar-refractivity contribution >= 4 is 40.4 Å². The first-order chi connectivity index (χ1) is 15.3. The number of amidine groups is 2. The van der Waals surface area contributed by atoms with Crippen LogP contribution in [0, 0.1) is 18.3 Å². The molecule has 6 nitrogen and oxygen atoms in total. The van der Waals surface area contributed by atoms with Gasteiger partial charge in [-0.05, 0) is 63.9 Å². The summed E-state index contributed by atoms with van der Waals surface area (Å²) in [7, 11) is 0. The van der Waals surface area contributed by atoms with Crippen LogP contribution in [-0.4, -0.2) is 59.7 Å². The van der Waals surface area contributed by atoms with Gasteiger partial charge in [0.25, 0.3) is 5.84 Å². The van der Waals surface area contributed by atoms with Crippen LogP contribution in [0.15, 0.2) is 24.3 Å². The van der Waals surface area contributed by atoms with Crippen molar-refractivity contribution in [2.45, 2.75) is 33.1 Å². The van der Waals surface area contributed by atoms with Crippen molar-refractivity contribution in [2.75, 3.05) is 32.8 Å². The van der Waals surface area contributed by atoms with Crippen LogP contribution < -0.4 is 10.5 Å². The highest BCUT2D eigenvalue weighted by Gasteiger charge is 2.33. The number of ketones is 1. The molecule has 8 heteroatoms. The fourth-order valence-corrected chi connectivity index (χ4v) is 5.80. The zero-order valence-electron chi connectivity index (χ0n) is 18.6. The number of carbonyl (C=O) groups is 1. The molecule has 1 aromatic carbocycles. The molecule has 4 rings (SSSR count). The number of nitrogens with zero attached hydrogens (tertiary/aromatic N) is 2. The molecule has 3 heterocycles. The van der Waals surface area contributed by atoms with E-state index in [1.165, 1.54) is 16.9 Å². The van der Waals surface area contributed by atoms with E-state index in [0.29, 0.717) is 35.2 Å². The Hall–Kier alpha value is -2.22. The van der Waals surface area contributed by atoms with Crippen molar-refractivity contribution in [2.24, 2.45) is 11.7 Å². The van der Waals surface area contributed by atoms with Gasteiger partial charge in [-0.1, -0.05) is 23.7 Å². The van der Waals surface area contributed by atoms with Gasteiger partial charge in [0.15, 0.2) is 17.4 Å². The second kappa shape index (κ2) is 9.73. The van der Waals surface area contributed by atoms with Crippen molar-refractivity contribution in [3.05, 3.63) is 50.2 Å². The first-order valence-electron chi connectivity index (χ1n) is 11.1.